The molecule has 2 N–H and O–H groups in total. The van der Waals surface area contributed by atoms with E-state index in [9.17, 15) is 36.7 Å². The number of ether oxygens (including phenoxy) is 1. The van der Waals surface area contributed by atoms with E-state index in [0.29, 0.717) is 30.0 Å². The number of nitrogens with zero attached hydrogens (tertiary/aromatic N) is 5. The van der Waals surface area contributed by atoms with E-state index in [4.69, 9.17) is 9.84 Å². The monoisotopic (exact) mass is 789 g/mol. The summed E-state index contributed by atoms with van der Waals surface area (Å²) in [5.74, 6) is -1.74. The molecule has 3 aliphatic rings. The van der Waals surface area contributed by atoms with Gasteiger partial charge in [0, 0.05) is 43.2 Å². The van der Waals surface area contributed by atoms with Gasteiger partial charge in [0.1, 0.15) is 17.6 Å². The summed E-state index contributed by atoms with van der Waals surface area (Å²) in [6, 6.07) is 10.4. The predicted octanol–water partition coefficient (Wildman–Crippen LogP) is 6.70. The summed E-state index contributed by atoms with van der Waals surface area (Å²) >= 11 is 0. The number of imide groups is 1. The van der Waals surface area contributed by atoms with Crippen LogP contribution >= 0.6 is 0 Å². The lowest BCUT2D eigenvalue weighted by Gasteiger charge is -2.37. The molecule has 1 saturated carbocycles. The van der Waals surface area contributed by atoms with Gasteiger partial charge in [-0.1, -0.05) is 12.1 Å². The van der Waals surface area contributed by atoms with Crippen LogP contribution in [0.2, 0.25) is 0 Å². The Bertz CT molecular complexity index is 2440. The minimum absolute atomic E-state index is 0.177. The number of hydrogen-bond acceptors (Lipinski definition) is 7. The number of aromatic nitrogens is 4. The molecule has 1 unspecified atom stereocenters. The zero-order valence-electron chi connectivity index (χ0n) is 31.6. The Morgan fingerprint density at radius 3 is 2.44 bits per heavy atom. The minimum Gasteiger partial charge on any atom is -0.494 e. The fourth-order valence-corrected chi connectivity index (χ4v) is 9.02. The van der Waals surface area contributed by atoms with Gasteiger partial charge in [0.05, 0.1) is 41.0 Å². The largest absolute Gasteiger partial charge is 0.494 e. The van der Waals surface area contributed by atoms with Crippen molar-refractivity contribution in [2.45, 2.75) is 75.5 Å². The van der Waals surface area contributed by atoms with E-state index in [-0.39, 0.29) is 41.4 Å². The number of methoxy groups -OCH3 is 1. The highest BCUT2D eigenvalue weighted by molar-refractivity contribution is 6.06. The van der Waals surface area contributed by atoms with Crippen LogP contribution in [0, 0.1) is 11.7 Å². The van der Waals surface area contributed by atoms with Crippen molar-refractivity contribution < 1.29 is 36.7 Å². The molecule has 0 radical (unpaired) electrons. The van der Waals surface area contributed by atoms with Gasteiger partial charge in [-0.15, -0.1) is 0 Å². The number of anilines is 1. The number of likely N-dealkylation sites (tertiary alicyclic amines) is 1. The number of amides is 3. The fraction of sp³-hybridized carbons (Fsp3) is 0.439. The Balaban J connectivity index is 0.881. The molecule has 4 heterocycles. The summed E-state index contributed by atoms with van der Waals surface area (Å²) in [4.78, 5) is 53.4. The molecule has 5 aromatic rings. The van der Waals surface area contributed by atoms with Crippen LogP contribution in [0.4, 0.5) is 23.2 Å². The van der Waals surface area contributed by atoms with Crippen LogP contribution in [0.3, 0.4) is 0 Å². The average molecular weight is 790 g/mol. The molecule has 3 aromatic carbocycles. The van der Waals surface area contributed by atoms with E-state index in [0.717, 1.165) is 86.2 Å². The summed E-state index contributed by atoms with van der Waals surface area (Å²) in [6.45, 7) is 2.89. The molecular weight excluding hydrogens is 746 g/mol. The lowest BCUT2D eigenvalue weighted by atomic mass is 9.84. The first kappa shape index (κ1) is 38.4. The lowest BCUT2D eigenvalue weighted by Crippen LogP contribution is -2.44. The number of fused-ring (bicyclic) bond motifs is 2. The number of alkyl halides is 3. The molecule has 0 spiro atoms. The Kier molecular flexibility index (Phi) is 10.2. The molecule has 57 heavy (non-hydrogen) atoms. The highest BCUT2D eigenvalue weighted by atomic mass is 19.4. The molecule has 8 rings (SSSR count). The fourth-order valence-electron chi connectivity index (χ4n) is 9.02. The Hall–Kier alpha value is -5.51. The van der Waals surface area contributed by atoms with Crippen molar-refractivity contribution in [1.82, 2.24) is 29.1 Å². The first-order valence-electron chi connectivity index (χ1n) is 19.3. The topological polar surface area (TPSA) is 132 Å². The number of para-hydroxylation sites is 1. The zero-order valence-corrected chi connectivity index (χ0v) is 31.6. The van der Waals surface area contributed by atoms with Crippen molar-refractivity contribution in [2.24, 2.45) is 13.0 Å². The molecule has 12 nitrogen and oxygen atoms in total. The zero-order chi connectivity index (χ0) is 40.2. The maximum Gasteiger partial charge on any atom is 0.416 e. The number of rotatable bonds is 8. The van der Waals surface area contributed by atoms with Crippen LogP contribution in [0.1, 0.15) is 90.9 Å². The highest BCUT2D eigenvalue weighted by Gasteiger charge is 2.34. The highest BCUT2D eigenvalue weighted by Crippen LogP contribution is 2.38. The normalized spacial score (nSPS) is 21.3. The van der Waals surface area contributed by atoms with Crippen LogP contribution in [0.25, 0.3) is 21.9 Å². The smallest absolute Gasteiger partial charge is 0.416 e. The molecule has 300 valence electrons. The second-order valence-electron chi connectivity index (χ2n) is 15.5. The molecule has 1 atom stereocenters. The molecule has 2 aromatic heterocycles. The van der Waals surface area contributed by atoms with Crippen LogP contribution in [-0.4, -0.2) is 68.3 Å². The van der Waals surface area contributed by atoms with E-state index in [2.05, 4.69) is 21.6 Å². The van der Waals surface area contributed by atoms with Gasteiger partial charge in [0.2, 0.25) is 11.8 Å². The van der Waals surface area contributed by atoms with Gasteiger partial charge in [-0.25, -0.2) is 9.18 Å². The van der Waals surface area contributed by atoms with Crippen LogP contribution in [0.15, 0.2) is 59.5 Å². The summed E-state index contributed by atoms with van der Waals surface area (Å²) < 4.78 is 64.3. The van der Waals surface area contributed by atoms with Crippen molar-refractivity contribution in [3.05, 3.63) is 87.7 Å². The molecule has 0 bridgehead atoms. The van der Waals surface area contributed by atoms with Crippen molar-refractivity contribution >= 4 is 45.3 Å². The summed E-state index contributed by atoms with van der Waals surface area (Å²) in [5, 5.41) is 10.5. The first-order chi connectivity index (χ1) is 27.3. The number of carbonyl (C=O) groups excluding carboxylic acids is 3. The number of hydrogen-bond donors (Lipinski definition) is 2. The third-order valence-electron chi connectivity index (χ3n) is 12.0. The van der Waals surface area contributed by atoms with E-state index in [1.54, 1.807) is 28.3 Å². The SMILES string of the molecule is COc1cc2nn(C3CCC(CN4CCC(c5cccc6c5n(C)c(=O)n6C5CCC(=O)NC5=O)CC4)CC3)cc2cc1NC(=O)c1cc(F)cc(C(F)(F)F)c1. The van der Waals surface area contributed by atoms with Gasteiger partial charge in [0.25, 0.3) is 5.91 Å². The van der Waals surface area contributed by atoms with Crippen LogP contribution in [-0.2, 0) is 22.8 Å². The quantitative estimate of drug-likeness (QED) is 0.132. The summed E-state index contributed by atoms with van der Waals surface area (Å²) in [5.41, 5.74) is 1.58. The van der Waals surface area contributed by atoms with Crippen LogP contribution in [0.5, 0.6) is 5.75 Å². The number of piperidine rings is 2. The number of imidazole rings is 1. The third-order valence-corrected chi connectivity index (χ3v) is 12.0. The second kappa shape index (κ2) is 15.1. The second-order valence-corrected chi connectivity index (χ2v) is 15.5. The van der Waals surface area contributed by atoms with Crippen molar-refractivity contribution in [2.75, 3.05) is 32.1 Å². The molecule has 1 aliphatic carbocycles. The van der Waals surface area contributed by atoms with Crippen molar-refractivity contribution in [3.63, 3.8) is 0 Å². The summed E-state index contributed by atoms with van der Waals surface area (Å²) in [6.07, 6.45) is 3.45. The molecular formula is C41H43F4N7O5. The van der Waals surface area contributed by atoms with Gasteiger partial charge >= 0.3 is 11.9 Å². The first-order valence-corrected chi connectivity index (χ1v) is 19.3. The maximum absolute atomic E-state index is 14.0. The Morgan fingerprint density at radius 1 is 0.982 bits per heavy atom. The van der Waals surface area contributed by atoms with E-state index in [1.165, 1.54) is 7.11 Å². The van der Waals surface area contributed by atoms with E-state index < -0.39 is 41.0 Å². The number of nitrogens with one attached hydrogen (secondary N) is 2. The van der Waals surface area contributed by atoms with Crippen LogP contribution < -0.4 is 21.1 Å². The molecule has 3 fully saturated rings. The molecule has 2 aliphatic heterocycles. The maximum atomic E-state index is 14.0. The molecule has 2 saturated heterocycles. The van der Waals surface area contributed by atoms with E-state index >= 15 is 0 Å². The summed E-state index contributed by atoms with van der Waals surface area (Å²) in [7, 11) is 3.16. The number of aryl methyl sites for hydroxylation is 1. The van der Waals surface area contributed by atoms with Gasteiger partial charge in [-0.05, 0) is 106 Å². The Morgan fingerprint density at radius 2 is 1.74 bits per heavy atom. The van der Waals surface area contributed by atoms with Gasteiger partial charge < -0.3 is 15.0 Å². The van der Waals surface area contributed by atoms with Crippen molar-refractivity contribution in [3.8, 4) is 5.75 Å². The average Bonchev–Trinajstić information content (AvgIpc) is 3.71. The lowest BCUT2D eigenvalue weighted by molar-refractivity contribution is -0.138. The molecule has 16 heteroatoms. The Labute approximate surface area is 324 Å². The van der Waals surface area contributed by atoms with E-state index in [1.807, 2.05) is 23.0 Å². The van der Waals surface area contributed by atoms with Gasteiger partial charge in [-0.3, -0.25) is 33.5 Å². The number of halogens is 4. The van der Waals surface area contributed by atoms with Gasteiger partial charge in [-0.2, -0.15) is 18.3 Å². The third kappa shape index (κ3) is 7.54. The standard InChI is InChI=1S/C41H43F4N7O5/c1-49-37-30(4-3-5-33(37)52(40(49)56)34-10-11-36(53)47-39(34)55)24-12-14-50(15-13-24)21-23-6-8-29(9-7-23)51-22-26-18-32(35(57-2)20-31(26)48-51)46-38(54)25-16-27(41(43,44)45)19-28(42)17-25/h3-5,16-20,22-24,29,34H,6-15,21H2,1-2H3,(H,46,54)(H,47,53,55). The molecule has 3 amide bonds. The number of benzene rings is 3. The number of carbonyl (C=O) groups is 3. The van der Waals surface area contributed by atoms with Gasteiger partial charge in [0.15, 0.2) is 0 Å². The minimum atomic E-state index is -4.81. The van der Waals surface area contributed by atoms with Crippen molar-refractivity contribution in [1.29, 1.82) is 0 Å². The predicted molar refractivity (Wildman–Crippen MR) is 204 cm³/mol.